The Kier molecular flexibility index (Phi) is 6.42. The Labute approximate surface area is 131 Å². The summed E-state index contributed by atoms with van der Waals surface area (Å²) in [6.07, 6.45) is 4.98. The first-order chi connectivity index (χ1) is 10.8. The summed E-state index contributed by atoms with van der Waals surface area (Å²) in [4.78, 5) is 15.5. The van der Waals surface area contributed by atoms with Crippen molar-refractivity contribution in [2.24, 2.45) is 0 Å². The van der Waals surface area contributed by atoms with E-state index < -0.39 is 0 Å². The molecule has 0 unspecified atom stereocenters. The minimum atomic E-state index is -0.118. The van der Waals surface area contributed by atoms with Gasteiger partial charge in [-0.15, -0.1) is 0 Å². The van der Waals surface area contributed by atoms with E-state index in [0.717, 1.165) is 30.6 Å². The molecule has 0 aliphatic heterocycles. The second-order valence-electron chi connectivity index (χ2n) is 4.93. The molecule has 0 spiro atoms. The number of pyridine rings is 1. The van der Waals surface area contributed by atoms with Gasteiger partial charge in [0.05, 0.1) is 6.61 Å². The first-order valence-electron chi connectivity index (χ1n) is 7.61. The molecule has 0 fully saturated rings. The number of unbranched alkanes of at least 4 members (excludes halogenated alkanes) is 1. The average Bonchev–Trinajstić information content (AvgIpc) is 2.54. The van der Waals surface area contributed by atoms with E-state index in [9.17, 15) is 4.79 Å². The molecule has 0 saturated carbocycles. The largest absolute Gasteiger partial charge is 0.466 e. The van der Waals surface area contributed by atoms with Crippen molar-refractivity contribution in [2.45, 2.75) is 32.6 Å². The van der Waals surface area contributed by atoms with Crippen molar-refractivity contribution in [3.05, 3.63) is 54.2 Å². The molecular formula is C18H21NO3. The molecule has 4 heteroatoms. The predicted molar refractivity (Wildman–Crippen MR) is 84.9 cm³/mol. The van der Waals surface area contributed by atoms with Gasteiger partial charge in [0.15, 0.2) is 0 Å². The summed E-state index contributed by atoms with van der Waals surface area (Å²) in [5.74, 6) is 1.24. The highest BCUT2D eigenvalue weighted by Gasteiger charge is 2.02. The third kappa shape index (κ3) is 5.56. The molecule has 0 saturated heterocycles. The van der Waals surface area contributed by atoms with Crippen LogP contribution in [0.5, 0.6) is 11.6 Å². The summed E-state index contributed by atoms with van der Waals surface area (Å²) < 4.78 is 10.5. The lowest BCUT2D eigenvalue weighted by Crippen LogP contribution is -2.03. The van der Waals surface area contributed by atoms with Crippen LogP contribution in [0.1, 0.15) is 31.7 Å². The zero-order chi connectivity index (χ0) is 15.6. The van der Waals surface area contributed by atoms with Crippen LogP contribution >= 0.6 is 0 Å². The molecule has 0 aliphatic carbocycles. The molecule has 1 aromatic carbocycles. The molecule has 0 bridgehead atoms. The standard InChI is InChI=1S/C18H21NO3/c1-2-21-18(20)11-7-6-8-15-12-13-17(19-14-15)22-16-9-4-3-5-10-16/h3-5,9-10,12-14H,2,6-8,11H2,1H3. The minimum absolute atomic E-state index is 0.118. The molecule has 1 aromatic heterocycles. The van der Waals surface area contributed by atoms with Crippen LogP contribution in [-0.4, -0.2) is 17.6 Å². The van der Waals surface area contributed by atoms with Gasteiger partial charge in [0.25, 0.3) is 0 Å². The second-order valence-corrected chi connectivity index (χ2v) is 4.93. The number of hydrogen-bond donors (Lipinski definition) is 0. The van der Waals surface area contributed by atoms with E-state index in [1.165, 1.54) is 0 Å². The fraction of sp³-hybridized carbons (Fsp3) is 0.333. The first-order valence-corrected chi connectivity index (χ1v) is 7.61. The quantitative estimate of drug-likeness (QED) is 0.542. The fourth-order valence-corrected chi connectivity index (χ4v) is 2.06. The SMILES string of the molecule is CCOC(=O)CCCCc1ccc(Oc2ccccc2)nc1. The topological polar surface area (TPSA) is 48.4 Å². The Bertz CT molecular complexity index is 567. The van der Waals surface area contributed by atoms with Crippen LogP contribution < -0.4 is 4.74 Å². The number of carbonyl (C=O) groups is 1. The predicted octanol–water partition coefficient (Wildman–Crippen LogP) is 4.15. The molecule has 2 aromatic rings. The Hall–Kier alpha value is -2.36. The van der Waals surface area contributed by atoms with Crippen molar-refractivity contribution < 1.29 is 14.3 Å². The van der Waals surface area contributed by atoms with Gasteiger partial charge in [0.2, 0.25) is 5.88 Å². The highest BCUT2D eigenvalue weighted by Crippen LogP contribution is 2.19. The van der Waals surface area contributed by atoms with Gasteiger partial charge in [-0.3, -0.25) is 4.79 Å². The van der Waals surface area contributed by atoms with Gasteiger partial charge in [0.1, 0.15) is 5.75 Å². The van der Waals surface area contributed by atoms with Crippen molar-refractivity contribution in [2.75, 3.05) is 6.61 Å². The highest BCUT2D eigenvalue weighted by molar-refractivity contribution is 5.69. The number of ether oxygens (including phenoxy) is 2. The zero-order valence-electron chi connectivity index (χ0n) is 12.8. The van der Waals surface area contributed by atoms with Gasteiger partial charge < -0.3 is 9.47 Å². The molecule has 0 N–H and O–H groups in total. The van der Waals surface area contributed by atoms with E-state index in [1.54, 1.807) is 0 Å². The average molecular weight is 299 g/mol. The number of para-hydroxylation sites is 1. The Morgan fingerprint density at radius 1 is 1.09 bits per heavy atom. The molecular weight excluding hydrogens is 278 g/mol. The third-order valence-electron chi connectivity index (χ3n) is 3.16. The van der Waals surface area contributed by atoms with E-state index >= 15 is 0 Å². The van der Waals surface area contributed by atoms with E-state index in [-0.39, 0.29) is 5.97 Å². The number of aryl methyl sites for hydroxylation is 1. The normalized spacial score (nSPS) is 10.2. The van der Waals surface area contributed by atoms with Gasteiger partial charge in [-0.1, -0.05) is 24.3 Å². The highest BCUT2D eigenvalue weighted by atomic mass is 16.5. The maximum atomic E-state index is 11.2. The van der Waals surface area contributed by atoms with Crippen LogP contribution in [0.25, 0.3) is 0 Å². The van der Waals surface area contributed by atoms with Gasteiger partial charge >= 0.3 is 5.97 Å². The molecule has 4 nitrogen and oxygen atoms in total. The number of nitrogens with zero attached hydrogens (tertiary/aromatic N) is 1. The molecule has 0 atom stereocenters. The molecule has 22 heavy (non-hydrogen) atoms. The van der Waals surface area contributed by atoms with Crippen LogP contribution in [0.15, 0.2) is 48.7 Å². The van der Waals surface area contributed by atoms with Gasteiger partial charge in [0, 0.05) is 18.7 Å². The molecule has 2 rings (SSSR count). The van der Waals surface area contributed by atoms with E-state index in [1.807, 2.05) is 55.6 Å². The number of rotatable bonds is 8. The summed E-state index contributed by atoms with van der Waals surface area (Å²) in [6, 6.07) is 13.5. The van der Waals surface area contributed by atoms with Crippen LogP contribution in [0, 0.1) is 0 Å². The maximum Gasteiger partial charge on any atom is 0.305 e. The van der Waals surface area contributed by atoms with Gasteiger partial charge in [-0.05, 0) is 43.9 Å². The van der Waals surface area contributed by atoms with Crippen LogP contribution in [0.2, 0.25) is 0 Å². The fourth-order valence-electron chi connectivity index (χ4n) is 2.06. The maximum absolute atomic E-state index is 11.2. The van der Waals surface area contributed by atoms with Crippen LogP contribution in [-0.2, 0) is 16.0 Å². The van der Waals surface area contributed by atoms with Crippen molar-refractivity contribution in [3.8, 4) is 11.6 Å². The minimum Gasteiger partial charge on any atom is -0.466 e. The van der Waals surface area contributed by atoms with E-state index in [4.69, 9.17) is 9.47 Å². The molecule has 0 radical (unpaired) electrons. The Balaban J connectivity index is 1.74. The summed E-state index contributed by atoms with van der Waals surface area (Å²) >= 11 is 0. The molecule has 0 aliphatic rings. The number of hydrogen-bond acceptors (Lipinski definition) is 4. The Morgan fingerprint density at radius 2 is 1.91 bits per heavy atom. The zero-order valence-corrected chi connectivity index (χ0v) is 12.8. The monoisotopic (exact) mass is 299 g/mol. The summed E-state index contributed by atoms with van der Waals surface area (Å²) in [5, 5.41) is 0. The first kappa shape index (κ1) is 16.0. The summed E-state index contributed by atoms with van der Waals surface area (Å²) in [7, 11) is 0. The number of carbonyl (C=O) groups excluding carboxylic acids is 1. The third-order valence-corrected chi connectivity index (χ3v) is 3.16. The smallest absolute Gasteiger partial charge is 0.305 e. The second kappa shape index (κ2) is 8.82. The Morgan fingerprint density at radius 3 is 2.59 bits per heavy atom. The van der Waals surface area contributed by atoms with Gasteiger partial charge in [-0.25, -0.2) is 4.98 Å². The lowest BCUT2D eigenvalue weighted by molar-refractivity contribution is -0.143. The van der Waals surface area contributed by atoms with Crippen molar-refractivity contribution in [1.29, 1.82) is 0 Å². The number of aromatic nitrogens is 1. The van der Waals surface area contributed by atoms with Crippen molar-refractivity contribution in [3.63, 3.8) is 0 Å². The molecule has 1 heterocycles. The van der Waals surface area contributed by atoms with Crippen LogP contribution in [0.4, 0.5) is 0 Å². The van der Waals surface area contributed by atoms with Gasteiger partial charge in [-0.2, -0.15) is 0 Å². The van der Waals surface area contributed by atoms with Crippen molar-refractivity contribution in [1.82, 2.24) is 4.98 Å². The molecule has 116 valence electrons. The lowest BCUT2D eigenvalue weighted by atomic mass is 10.1. The van der Waals surface area contributed by atoms with Crippen LogP contribution in [0.3, 0.4) is 0 Å². The van der Waals surface area contributed by atoms with E-state index in [2.05, 4.69) is 4.98 Å². The summed E-state index contributed by atoms with van der Waals surface area (Å²) in [6.45, 7) is 2.27. The lowest BCUT2D eigenvalue weighted by Gasteiger charge is -2.06. The number of esters is 1. The number of benzene rings is 1. The molecule has 0 amide bonds. The van der Waals surface area contributed by atoms with E-state index in [0.29, 0.717) is 18.9 Å². The van der Waals surface area contributed by atoms with Crippen molar-refractivity contribution >= 4 is 5.97 Å². The summed E-state index contributed by atoms with van der Waals surface area (Å²) in [5.41, 5.74) is 1.14.